The normalized spacial score (nSPS) is 49.0. The summed E-state index contributed by atoms with van der Waals surface area (Å²) < 4.78 is 0. The Kier molecular flexibility index (Phi) is 3.55. The third-order valence-electron chi connectivity index (χ3n) is 7.86. The summed E-state index contributed by atoms with van der Waals surface area (Å²) in [6, 6.07) is 2.20. The number of hydrogen-bond acceptors (Lipinski definition) is 3. The molecule has 0 aliphatic heterocycles. The Bertz CT molecular complexity index is 684. The van der Waals surface area contributed by atoms with Gasteiger partial charge >= 0.3 is 0 Å². The molecule has 0 bridgehead atoms. The van der Waals surface area contributed by atoms with Gasteiger partial charge in [-0.25, -0.2) is 0 Å². The number of nitriles is 1. The Morgan fingerprint density at radius 2 is 2.12 bits per heavy atom. The molecule has 0 aromatic heterocycles. The zero-order valence-corrected chi connectivity index (χ0v) is 14.7. The highest BCUT2D eigenvalue weighted by Crippen LogP contribution is 2.64. The van der Waals surface area contributed by atoms with E-state index >= 15 is 0 Å². The molecular formula is C21H27NO2. The van der Waals surface area contributed by atoms with Crippen LogP contribution in [0.5, 0.6) is 0 Å². The van der Waals surface area contributed by atoms with Crippen molar-refractivity contribution in [1.29, 1.82) is 5.26 Å². The lowest BCUT2D eigenvalue weighted by Crippen LogP contribution is -2.53. The molecule has 0 spiro atoms. The van der Waals surface area contributed by atoms with Gasteiger partial charge in [0.25, 0.3) is 0 Å². The van der Waals surface area contributed by atoms with Gasteiger partial charge in [-0.05, 0) is 61.2 Å². The second-order valence-corrected chi connectivity index (χ2v) is 8.93. The lowest BCUT2D eigenvalue weighted by atomic mass is 9.47. The highest BCUT2D eigenvalue weighted by atomic mass is 16.3. The van der Waals surface area contributed by atoms with Gasteiger partial charge in [0.2, 0.25) is 0 Å². The van der Waals surface area contributed by atoms with Gasteiger partial charge in [0.1, 0.15) is 5.78 Å². The predicted octanol–water partition coefficient (Wildman–Crippen LogP) is 3.94. The summed E-state index contributed by atoms with van der Waals surface area (Å²) in [5.41, 5.74) is 2.36. The van der Waals surface area contributed by atoms with E-state index in [0.29, 0.717) is 24.0 Å². The van der Waals surface area contributed by atoms with Crippen LogP contribution in [0, 0.1) is 39.9 Å². The van der Waals surface area contributed by atoms with Gasteiger partial charge in [-0.2, -0.15) is 5.26 Å². The fourth-order valence-corrected chi connectivity index (χ4v) is 6.64. The lowest BCUT2D eigenvalue weighted by Gasteiger charge is -2.56. The standard InChI is InChI=1S/C21H27NO2/c1-20-9-7-15(23)11-14(20)3-5-16-17-6-4-13(8-10-22)21(17,2)12-18(24)19(16)20/h3,8,15-17,19,23H,4-7,9,11-12H2,1-2H3/b13-8-/t15-,16?,17-,19+,20?,21?/m0/s1. The lowest BCUT2D eigenvalue weighted by molar-refractivity contribution is -0.141. The second kappa shape index (κ2) is 5.30. The molecule has 4 rings (SSSR count). The van der Waals surface area contributed by atoms with E-state index in [0.717, 1.165) is 38.5 Å². The van der Waals surface area contributed by atoms with Crippen molar-refractivity contribution in [2.24, 2.45) is 28.6 Å². The summed E-state index contributed by atoms with van der Waals surface area (Å²) in [6.07, 6.45) is 9.94. The molecule has 3 nitrogen and oxygen atoms in total. The first-order valence-electron chi connectivity index (χ1n) is 9.39. The zero-order valence-electron chi connectivity index (χ0n) is 14.7. The molecule has 128 valence electrons. The van der Waals surface area contributed by atoms with E-state index in [4.69, 9.17) is 5.26 Å². The van der Waals surface area contributed by atoms with Crippen LogP contribution in [0.3, 0.4) is 0 Å². The number of nitrogens with zero attached hydrogens (tertiary/aromatic N) is 1. The third-order valence-corrected chi connectivity index (χ3v) is 7.86. The predicted molar refractivity (Wildman–Crippen MR) is 91.8 cm³/mol. The van der Waals surface area contributed by atoms with Crippen LogP contribution in [0.25, 0.3) is 0 Å². The maximum Gasteiger partial charge on any atom is 0.138 e. The second-order valence-electron chi connectivity index (χ2n) is 8.93. The molecule has 3 unspecified atom stereocenters. The SMILES string of the molecule is CC12CC[C@H](O)CC1=CCC1[C@@H]2C(=O)CC2(C)/C(=C\C#N)CC[C@@H]12. The average molecular weight is 325 g/mol. The quantitative estimate of drug-likeness (QED) is 0.542. The number of carbonyl (C=O) groups excluding carboxylic acids is 1. The summed E-state index contributed by atoms with van der Waals surface area (Å²) in [4.78, 5) is 13.3. The molecule has 4 aliphatic rings. The summed E-state index contributed by atoms with van der Waals surface area (Å²) in [5.74, 6) is 1.43. The number of fused-ring (bicyclic) bond motifs is 5. The van der Waals surface area contributed by atoms with Gasteiger partial charge in [0, 0.05) is 18.4 Å². The highest BCUT2D eigenvalue weighted by molar-refractivity contribution is 5.85. The van der Waals surface area contributed by atoms with Crippen LogP contribution in [0.1, 0.15) is 58.8 Å². The van der Waals surface area contributed by atoms with Crippen molar-refractivity contribution in [3.63, 3.8) is 0 Å². The Hall–Kier alpha value is -1.40. The molecular weight excluding hydrogens is 298 g/mol. The molecule has 0 aromatic rings. The number of Topliss-reactive ketones (excluding diaryl/α,β-unsaturated/α-hetero) is 1. The van der Waals surface area contributed by atoms with Crippen LogP contribution in [-0.4, -0.2) is 17.0 Å². The Balaban J connectivity index is 1.75. The monoisotopic (exact) mass is 325 g/mol. The van der Waals surface area contributed by atoms with E-state index < -0.39 is 0 Å². The molecule has 3 heteroatoms. The van der Waals surface area contributed by atoms with E-state index in [9.17, 15) is 9.90 Å². The molecule has 0 saturated heterocycles. The number of hydrogen-bond donors (Lipinski definition) is 1. The average Bonchev–Trinajstić information content (AvgIpc) is 2.84. The third kappa shape index (κ3) is 2.02. The number of rotatable bonds is 0. The molecule has 4 aliphatic carbocycles. The van der Waals surface area contributed by atoms with Crippen LogP contribution in [0.2, 0.25) is 0 Å². The van der Waals surface area contributed by atoms with E-state index in [2.05, 4.69) is 26.0 Å². The molecule has 1 N–H and O–H groups in total. The Morgan fingerprint density at radius 3 is 2.88 bits per heavy atom. The van der Waals surface area contributed by atoms with Crippen molar-refractivity contribution < 1.29 is 9.90 Å². The van der Waals surface area contributed by atoms with Gasteiger partial charge in [-0.15, -0.1) is 0 Å². The number of carbonyl (C=O) groups is 1. The van der Waals surface area contributed by atoms with E-state index in [-0.39, 0.29) is 22.9 Å². The number of allylic oxidation sites excluding steroid dienone is 3. The van der Waals surface area contributed by atoms with Crippen LogP contribution in [0.15, 0.2) is 23.3 Å². The fourth-order valence-electron chi connectivity index (χ4n) is 6.64. The fraction of sp³-hybridized carbons (Fsp3) is 0.714. The molecule has 0 aromatic carbocycles. The van der Waals surface area contributed by atoms with Crippen molar-refractivity contribution in [2.45, 2.75) is 64.9 Å². The van der Waals surface area contributed by atoms with Crippen molar-refractivity contribution in [2.75, 3.05) is 0 Å². The summed E-state index contributed by atoms with van der Waals surface area (Å²) in [5, 5.41) is 19.2. The van der Waals surface area contributed by atoms with Gasteiger partial charge < -0.3 is 5.11 Å². The van der Waals surface area contributed by atoms with Crippen LogP contribution >= 0.6 is 0 Å². The van der Waals surface area contributed by atoms with Gasteiger partial charge in [-0.3, -0.25) is 4.79 Å². The van der Waals surface area contributed by atoms with E-state index in [1.807, 2.05) is 0 Å². The summed E-state index contributed by atoms with van der Waals surface area (Å²) in [7, 11) is 0. The van der Waals surface area contributed by atoms with Crippen molar-refractivity contribution in [3.8, 4) is 6.07 Å². The minimum Gasteiger partial charge on any atom is -0.393 e. The Labute approximate surface area is 144 Å². The molecule has 6 atom stereocenters. The largest absolute Gasteiger partial charge is 0.393 e. The first-order valence-corrected chi connectivity index (χ1v) is 9.39. The summed E-state index contributed by atoms with van der Waals surface area (Å²) >= 11 is 0. The molecule has 0 radical (unpaired) electrons. The van der Waals surface area contributed by atoms with Gasteiger partial charge in [-0.1, -0.05) is 31.1 Å². The number of ketones is 1. The molecule has 3 fully saturated rings. The van der Waals surface area contributed by atoms with Gasteiger partial charge in [0.15, 0.2) is 0 Å². The first-order chi connectivity index (χ1) is 11.4. The smallest absolute Gasteiger partial charge is 0.138 e. The van der Waals surface area contributed by atoms with Crippen LogP contribution in [-0.2, 0) is 4.79 Å². The molecule has 0 heterocycles. The van der Waals surface area contributed by atoms with Crippen LogP contribution < -0.4 is 0 Å². The van der Waals surface area contributed by atoms with Crippen LogP contribution in [0.4, 0.5) is 0 Å². The van der Waals surface area contributed by atoms with Crippen molar-refractivity contribution in [3.05, 3.63) is 23.3 Å². The van der Waals surface area contributed by atoms with E-state index in [1.54, 1.807) is 6.08 Å². The number of aliphatic hydroxyl groups is 1. The minimum absolute atomic E-state index is 0.0533. The van der Waals surface area contributed by atoms with Crippen molar-refractivity contribution >= 4 is 5.78 Å². The summed E-state index contributed by atoms with van der Waals surface area (Å²) in [6.45, 7) is 4.48. The van der Waals surface area contributed by atoms with E-state index in [1.165, 1.54) is 11.1 Å². The van der Waals surface area contributed by atoms with Crippen molar-refractivity contribution in [1.82, 2.24) is 0 Å². The molecule has 3 saturated carbocycles. The topological polar surface area (TPSA) is 61.1 Å². The number of aliphatic hydroxyl groups excluding tert-OH is 1. The maximum atomic E-state index is 13.3. The first kappa shape index (κ1) is 16.1. The maximum absolute atomic E-state index is 13.3. The molecule has 24 heavy (non-hydrogen) atoms. The van der Waals surface area contributed by atoms with Gasteiger partial charge in [0.05, 0.1) is 12.2 Å². The molecule has 0 amide bonds. The minimum atomic E-state index is -0.235. The Morgan fingerprint density at radius 1 is 1.33 bits per heavy atom. The highest BCUT2D eigenvalue weighted by Gasteiger charge is 2.60. The zero-order chi connectivity index (χ0) is 17.1.